The lowest BCUT2D eigenvalue weighted by Crippen LogP contribution is -2.51. The maximum absolute atomic E-state index is 12.9. The molecule has 8 heteroatoms. The number of carbonyl (C=O) groups excluding carboxylic acids is 1. The Hall–Kier alpha value is -2.74. The van der Waals surface area contributed by atoms with Crippen molar-refractivity contribution in [3.05, 3.63) is 53.6 Å². The number of hydrogen-bond donors (Lipinski definition) is 1. The zero-order valence-electron chi connectivity index (χ0n) is 17.0. The number of para-hydroxylation sites is 2. The van der Waals surface area contributed by atoms with Crippen molar-refractivity contribution in [2.24, 2.45) is 0 Å². The van der Waals surface area contributed by atoms with E-state index in [0.717, 1.165) is 23.1 Å². The third-order valence-electron chi connectivity index (χ3n) is 4.97. The van der Waals surface area contributed by atoms with Gasteiger partial charge in [0.25, 0.3) is 5.91 Å². The van der Waals surface area contributed by atoms with Gasteiger partial charge in [0.15, 0.2) is 6.10 Å². The molecule has 0 saturated heterocycles. The zero-order chi connectivity index (χ0) is 21.2. The lowest BCUT2D eigenvalue weighted by atomic mass is 10.0. The van der Waals surface area contributed by atoms with Gasteiger partial charge in [0.2, 0.25) is 10.0 Å². The van der Waals surface area contributed by atoms with Crippen LogP contribution < -0.4 is 19.1 Å². The van der Waals surface area contributed by atoms with E-state index in [1.807, 2.05) is 32.0 Å². The number of rotatable bonds is 6. The van der Waals surface area contributed by atoms with Crippen molar-refractivity contribution >= 4 is 21.6 Å². The number of anilines is 1. The largest absolute Gasteiger partial charge is 0.496 e. The number of methoxy groups -OCH3 is 1. The van der Waals surface area contributed by atoms with Crippen molar-refractivity contribution in [2.75, 3.05) is 24.2 Å². The van der Waals surface area contributed by atoms with Gasteiger partial charge in [0, 0.05) is 0 Å². The minimum absolute atomic E-state index is 0.0697. The van der Waals surface area contributed by atoms with Crippen molar-refractivity contribution in [1.29, 1.82) is 0 Å². The zero-order valence-corrected chi connectivity index (χ0v) is 17.8. The summed E-state index contributed by atoms with van der Waals surface area (Å²) in [5, 5.41) is 2.99. The Morgan fingerprint density at radius 2 is 2.03 bits per heavy atom. The summed E-state index contributed by atoms with van der Waals surface area (Å²) >= 11 is 0. The summed E-state index contributed by atoms with van der Waals surface area (Å²) in [6, 6.07) is 12.4. The van der Waals surface area contributed by atoms with Crippen LogP contribution >= 0.6 is 0 Å². The standard InChI is InChI=1S/C21H26N2O5S/c1-5-16(15-10-11-18(27-3)14(2)12-15)22-21(24)20-13-23(29(4,25)26)17-8-6-7-9-19(17)28-20/h6-12,16,20H,5,13H2,1-4H3,(H,22,24)/t16-,20-/m0/s1. The molecule has 2 aromatic rings. The SMILES string of the molecule is CC[C@H](NC(=O)[C@@H]1CN(S(C)(=O)=O)c2ccccc2O1)c1ccc(OC)c(C)c1. The second-order valence-corrected chi connectivity index (χ2v) is 8.97. The van der Waals surface area contributed by atoms with Crippen LogP contribution in [0.5, 0.6) is 11.5 Å². The molecular formula is C21H26N2O5S. The fourth-order valence-electron chi connectivity index (χ4n) is 3.46. The monoisotopic (exact) mass is 418 g/mol. The maximum atomic E-state index is 12.9. The highest BCUT2D eigenvalue weighted by atomic mass is 32.2. The first kappa shape index (κ1) is 21.0. The molecule has 29 heavy (non-hydrogen) atoms. The van der Waals surface area contributed by atoms with Crippen LogP contribution in [0.1, 0.15) is 30.5 Å². The van der Waals surface area contributed by atoms with Gasteiger partial charge >= 0.3 is 0 Å². The minimum atomic E-state index is -3.55. The minimum Gasteiger partial charge on any atom is -0.496 e. The first-order valence-electron chi connectivity index (χ1n) is 9.43. The molecule has 2 atom stereocenters. The Labute approximate surface area is 171 Å². The van der Waals surface area contributed by atoms with Gasteiger partial charge in [-0.25, -0.2) is 8.42 Å². The fraction of sp³-hybridized carbons (Fsp3) is 0.381. The van der Waals surface area contributed by atoms with E-state index in [2.05, 4.69) is 5.32 Å². The Kier molecular flexibility index (Phi) is 6.02. The van der Waals surface area contributed by atoms with Crippen LogP contribution in [-0.4, -0.2) is 40.3 Å². The Morgan fingerprint density at radius 3 is 2.66 bits per heavy atom. The van der Waals surface area contributed by atoms with Crippen molar-refractivity contribution < 1.29 is 22.7 Å². The summed E-state index contributed by atoms with van der Waals surface area (Å²) in [7, 11) is -1.93. The number of benzene rings is 2. The predicted molar refractivity (Wildman–Crippen MR) is 112 cm³/mol. The summed E-state index contributed by atoms with van der Waals surface area (Å²) in [6.45, 7) is 3.85. The van der Waals surface area contributed by atoms with Gasteiger partial charge < -0.3 is 14.8 Å². The highest BCUT2D eigenvalue weighted by Gasteiger charge is 2.35. The highest BCUT2D eigenvalue weighted by Crippen LogP contribution is 2.35. The Balaban J connectivity index is 1.82. The van der Waals surface area contributed by atoms with Gasteiger partial charge in [-0.1, -0.05) is 31.2 Å². The van der Waals surface area contributed by atoms with Gasteiger partial charge in [-0.3, -0.25) is 9.10 Å². The summed E-state index contributed by atoms with van der Waals surface area (Å²) in [5.74, 6) is 0.803. The van der Waals surface area contributed by atoms with Crippen molar-refractivity contribution in [1.82, 2.24) is 5.32 Å². The van der Waals surface area contributed by atoms with Gasteiger partial charge in [0.1, 0.15) is 11.5 Å². The molecule has 3 rings (SSSR count). The fourth-order valence-corrected chi connectivity index (χ4v) is 4.37. The Morgan fingerprint density at radius 1 is 1.31 bits per heavy atom. The van der Waals surface area contributed by atoms with Crippen LogP contribution in [0, 0.1) is 6.92 Å². The lowest BCUT2D eigenvalue weighted by molar-refractivity contribution is -0.128. The van der Waals surface area contributed by atoms with Gasteiger partial charge in [-0.2, -0.15) is 0 Å². The molecule has 2 aromatic carbocycles. The van der Waals surface area contributed by atoms with Crippen LogP contribution in [0.3, 0.4) is 0 Å². The molecular weight excluding hydrogens is 392 g/mol. The van der Waals surface area contributed by atoms with E-state index in [4.69, 9.17) is 9.47 Å². The second kappa shape index (κ2) is 8.32. The van der Waals surface area contributed by atoms with Gasteiger partial charge in [-0.05, 0) is 42.7 Å². The summed E-state index contributed by atoms with van der Waals surface area (Å²) in [6.07, 6.45) is 0.864. The van der Waals surface area contributed by atoms with Crippen molar-refractivity contribution in [3.8, 4) is 11.5 Å². The van der Waals surface area contributed by atoms with E-state index < -0.39 is 16.1 Å². The van der Waals surface area contributed by atoms with E-state index in [1.54, 1.807) is 31.4 Å². The molecule has 0 fully saturated rings. The molecule has 1 aliphatic rings. The van der Waals surface area contributed by atoms with E-state index in [1.165, 1.54) is 4.31 Å². The predicted octanol–water partition coefficient (Wildman–Crippen LogP) is 2.80. The molecule has 1 aliphatic heterocycles. The van der Waals surface area contributed by atoms with E-state index in [9.17, 15) is 13.2 Å². The van der Waals surface area contributed by atoms with E-state index in [-0.39, 0.29) is 18.5 Å². The summed E-state index contributed by atoms with van der Waals surface area (Å²) < 4.78 is 36.8. The number of hydrogen-bond acceptors (Lipinski definition) is 5. The van der Waals surface area contributed by atoms with Gasteiger partial charge in [0.05, 0.1) is 31.6 Å². The molecule has 1 N–H and O–H groups in total. The van der Waals surface area contributed by atoms with Gasteiger partial charge in [-0.15, -0.1) is 0 Å². The molecule has 0 aromatic heterocycles. The van der Waals surface area contributed by atoms with Crippen LogP contribution in [0.2, 0.25) is 0 Å². The number of ether oxygens (including phenoxy) is 2. The number of amides is 1. The number of sulfonamides is 1. The molecule has 156 valence electrons. The number of carbonyl (C=O) groups is 1. The average Bonchev–Trinajstić information content (AvgIpc) is 2.70. The molecule has 0 bridgehead atoms. The maximum Gasteiger partial charge on any atom is 0.263 e. The molecule has 0 saturated carbocycles. The quantitative estimate of drug-likeness (QED) is 0.780. The van der Waals surface area contributed by atoms with Crippen LogP contribution in [0.15, 0.2) is 42.5 Å². The third kappa shape index (κ3) is 4.48. The molecule has 0 aliphatic carbocycles. The highest BCUT2D eigenvalue weighted by molar-refractivity contribution is 7.92. The third-order valence-corrected chi connectivity index (χ3v) is 6.12. The summed E-state index contributed by atoms with van der Waals surface area (Å²) in [4.78, 5) is 12.9. The van der Waals surface area contributed by atoms with Crippen molar-refractivity contribution in [3.63, 3.8) is 0 Å². The molecule has 0 unspecified atom stereocenters. The molecule has 0 spiro atoms. The smallest absolute Gasteiger partial charge is 0.263 e. The average molecular weight is 419 g/mol. The number of fused-ring (bicyclic) bond motifs is 1. The van der Waals surface area contributed by atoms with E-state index in [0.29, 0.717) is 17.9 Å². The molecule has 1 amide bonds. The second-order valence-electron chi connectivity index (χ2n) is 7.07. The number of nitrogens with one attached hydrogen (secondary N) is 1. The topological polar surface area (TPSA) is 84.9 Å². The van der Waals surface area contributed by atoms with Crippen molar-refractivity contribution in [2.45, 2.75) is 32.4 Å². The van der Waals surface area contributed by atoms with E-state index >= 15 is 0 Å². The molecule has 7 nitrogen and oxygen atoms in total. The molecule has 1 heterocycles. The van der Waals surface area contributed by atoms with Crippen LogP contribution in [0.25, 0.3) is 0 Å². The lowest BCUT2D eigenvalue weighted by Gasteiger charge is -2.34. The van der Waals surface area contributed by atoms with Crippen LogP contribution in [-0.2, 0) is 14.8 Å². The number of nitrogens with zero attached hydrogens (tertiary/aromatic N) is 1. The van der Waals surface area contributed by atoms with Crippen LogP contribution in [0.4, 0.5) is 5.69 Å². The first-order valence-corrected chi connectivity index (χ1v) is 11.3. The number of aryl methyl sites for hydroxylation is 1. The molecule has 0 radical (unpaired) electrons. The Bertz CT molecular complexity index is 1010. The summed E-state index contributed by atoms with van der Waals surface area (Å²) in [5.41, 5.74) is 2.37. The normalized spacial score (nSPS) is 17.1. The first-order chi connectivity index (χ1) is 13.7.